The molecule has 0 bridgehead atoms. The molecule has 0 spiro atoms. The molecule has 0 aliphatic heterocycles. The van der Waals surface area contributed by atoms with Gasteiger partial charge in [-0.05, 0) is 30.0 Å². The van der Waals surface area contributed by atoms with Crippen molar-refractivity contribution in [2.75, 3.05) is 0 Å². The fourth-order valence-electron chi connectivity index (χ4n) is 2.32. The van der Waals surface area contributed by atoms with E-state index in [-0.39, 0.29) is 6.04 Å². The monoisotopic (exact) mass is 285 g/mol. The maximum atomic E-state index is 6.36. The van der Waals surface area contributed by atoms with E-state index in [0.717, 1.165) is 12.2 Å². The molecule has 20 heavy (non-hydrogen) atoms. The molecular formula is C18H23NS. The van der Waals surface area contributed by atoms with E-state index in [2.05, 4.69) is 68.4 Å². The van der Waals surface area contributed by atoms with Crippen molar-refractivity contribution in [3.8, 4) is 0 Å². The topological polar surface area (TPSA) is 26.0 Å². The molecule has 0 aliphatic carbocycles. The minimum Gasteiger partial charge on any atom is -0.326 e. The zero-order valence-electron chi connectivity index (χ0n) is 12.3. The van der Waals surface area contributed by atoms with Crippen molar-refractivity contribution in [1.29, 1.82) is 0 Å². The van der Waals surface area contributed by atoms with Gasteiger partial charge in [-0.2, -0.15) is 0 Å². The highest BCUT2D eigenvalue weighted by Gasteiger charge is 2.20. The third-order valence-corrected chi connectivity index (χ3v) is 5.09. The summed E-state index contributed by atoms with van der Waals surface area (Å²) in [6.45, 7) is 4.34. The highest BCUT2D eigenvalue weighted by Crippen LogP contribution is 2.36. The first kappa shape index (κ1) is 15.1. The normalized spacial score (nSPS) is 13.9. The van der Waals surface area contributed by atoms with E-state index in [4.69, 9.17) is 5.73 Å². The molecule has 106 valence electrons. The number of thioether (sulfide) groups is 1. The Balaban J connectivity index is 2.15. The number of nitrogens with two attached hydrogens (primary N) is 1. The van der Waals surface area contributed by atoms with Crippen LogP contribution in [-0.4, -0.2) is 6.04 Å². The maximum Gasteiger partial charge on any atom is 0.0454 e. The number of benzene rings is 2. The Kier molecular flexibility index (Phi) is 5.69. The molecule has 0 aromatic heterocycles. The minimum absolute atomic E-state index is 0.199. The van der Waals surface area contributed by atoms with Crippen LogP contribution in [0.1, 0.15) is 35.3 Å². The zero-order valence-corrected chi connectivity index (χ0v) is 13.1. The predicted molar refractivity (Wildman–Crippen MR) is 89.9 cm³/mol. The lowest BCUT2D eigenvalue weighted by Crippen LogP contribution is -2.26. The van der Waals surface area contributed by atoms with Crippen LogP contribution in [0.25, 0.3) is 0 Å². The van der Waals surface area contributed by atoms with Gasteiger partial charge in [-0.3, -0.25) is 0 Å². The van der Waals surface area contributed by atoms with Crippen molar-refractivity contribution < 1.29 is 0 Å². The summed E-state index contributed by atoms with van der Waals surface area (Å²) < 4.78 is 0. The lowest BCUT2D eigenvalue weighted by molar-refractivity contribution is 0.632. The molecule has 0 aliphatic rings. The van der Waals surface area contributed by atoms with E-state index in [1.807, 2.05) is 11.8 Å². The van der Waals surface area contributed by atoms with Gasteiger partial charge < -0.3 is 5.73 Å². The summed E-state index contributed by atoms with van der Waals surface area (Å²) in [5.74, 6) is 1.01. The molecule has 0 amide bonds. The second kappa shape index (κ2) is 7.51. The Morgan fingerprint density at radius 2 is 1.65 bits per heavy atom. The smallest absolute Gasteiger partial charge is 0.0454 e. The Morgan fingerprint density at radius 1 is 1.00 bits per heavy atom. The Labute approximate surface area is 126 Å². The van der Waals surface area contributed by atoms with Crippen LogP contribution in [0.4, 0.5) is 0 Å². The third-order valence-electron chi connectivity index (χ3n) is 3.63. The molecule has 0 saturated heterocycles. The molecule has 2 rings (SSSR count). The fourth-order valence-corrected chi connectivity index (χ4v) is 3.77. The lowest BCUT2D eigenvalue weighted by atomic mass is 10.00. The van der Waals surface area contributed by atoms with E-state index in [0.29, 0.717) is 5.25 Å². The summed E-state index contributed by atoms with van der Waals surface area (Å²) in [5.41, 5.74) is 10.4. The van der Waals surface area contributed by atoms with Gasteiger partial charge in [-0.15, -0.1) is 11.8 Å². The average molecular weight is 285 g/mol. The van der Waals surface area contributed by atoms with Crippen LogP contribution in [0.5, 0.6) is 0 Å². The van der Waals surface area contributed by atoms with E-state index in [1.54, 1.807) is 0 Å². The van der Waals surface area contributed by atoms with Crippen molar-refractivity contribution in [2.45, 2.75) is 37.3 Å². The van der Waals surface area contributed by atoms with Crippen LogP contribution in [0.3, 0.4) is 0 Å². The maximum absolute atomic E-state index is 6.36. The number of aryl methyl sites for hydroxylation is 1. The molecule has 2 heteroatoms. The van der Waals surface area contributed by atoms with Gasteiger partial charge in [0.2, 0.25) is 0 Å². The van der Waals surface area contributed by atoms with Crippen LogP contribution in [-0.2, 0) is 5.75 Å². The molecule has 2 atom stereocenters. The zero-order chi connectivity index (χ0) is 14.4. The number of hydrogen-bond donors (Lipinski definition) is 1. The molecule has 0 fully saturated rings. The van der Waals surface area contributed by atoms with E-state index in [9.17, 15) is 0 Å². The molecular weight excluding hydrogens is 262 g/mol. The molecule has 2 aromatic rings. The van der Waals surface area contributed by atoms with Crippen molar-refractivity contribution in [1.82, 2.24) is 0 Å². The second-order valence-electron chi connectivity index (χ2n) is 5.15. The highest BCUT2D eigenvalue weighted by molar-refractivity contribution is 7.98. The van der Waals surface area contributed by atoms with Crippen LogP contribution in [0, 0.1) is 6.92 Å². The van der Waals surface area contributed by atoms with Crippen LogP contribution in [0.15, 0.2) is 54.6 Å². The summed E-state index contributed by atoms with van der Waals surface area (Å²) >= 11 is 1.95. The van der Waals surface area contributed by atoms with E-state index in [1.165, 1.54) is 16.7 Å². The first-order valence-electron chi connectivity index (χ1n) is 7.19. The molecule has 2 N–H and O–H groups in total. The van der Waals surface area contributed by atoms with Gasteiger partial charge in [0.15, 0.2) is 0 Å². The molecule has 0 saturated carbocycles. The third kappa shape index (κ3) is 3.87. The van der Waals surface area contributed by atoms with Crippen molar-refractivity contribution >= 4 is 11.8 Å². The Morgan fingerprint density at radius 3 is 2.30 bits per heavy atom. The van der Waals surface area contributed by atoms with Gasteiger partial charge in [-0.25, -0.2) is 0 Å². The molecule has 2 aromatic carbocycles. The van der Waals surface area contributed by atoms with Crippen LogP contribution < -0.4 is 5.73 Å². The minimum atomic E-state index is 0.199. The van der Waals surface area contributed by atoms with Gasteiger partial charge in [0, 0.05) is 17.0 Å². The highest BCUT2D eigenvalue weighted by atomic mass is 32.2. The van der Waals surface area contributed by atoms with Crippen molar-refractivity contribution in [3.05, 3.63) is 71.3 Å². The number of hydrogen-bond acceptors (Lipinski definition) is 2. The van der Waals surface area contributed by atoms with E-state index >= 15 is 0 Å². The van der Waals surface area contributed by atoms with E-state index < -0.39 is 0 Å². The average Bonchev–Trinajstić information content (AvgIpc) is 2.50. The predicted octanol–water partition coefficient (Wildman–Crippen LogP) is 4.71. The Bertz CT molecular complexity index is 524. The number of rotatable bonds is 6. The van der Waals surface area contributed by atoms with Gasteiger partial charge in [0.05, 0.1) is 0 Å². The summed E-state index contributed by atoms with van der Waals surface area (Å²) in [6, 6.07) is 19.4. The summed E-state index contributed by atoms with van der Waals surface area (Å²) in [5, 5.41) is 0.362. The summed E-state index contributed by atoms with van der Waals surface area (Å²) in [6.07, 6.45) is 1.00. The van der Waals surface area contributed by atoms with Gasteiger partial charge >= 0.3 is 0 Å². The quantitative estimate of drug-likeness (QED) is 0.832. The summed E-state index contributed by atoms with van der Waals surface area (Å²) in [7, 11) is 0. The lowest BCUT2D eigenvalue weighted by Gasteiger charge is -2.24. The van der Waals surface area contributed by atoms with Gasteiger partial charge in [0.25, 0.3) is 0 Å². The molecule has 1 nitrogen and oxygen atoms in total. The van der Waals surface area contributed by atoms with Gasteiger partial charge in [-0.1, -0.05) is 61.5 Å². The molecule has 0 radical (unpaired) electrons. The standard InChI is InChI=1S/C18H23NS/c1-3-17(19)18(16-12-8-7-9-14(16)2)20-13-15-10-5-4-6-11-15/h4-12,17-18H,3,13,19H2,1-2H3. The largest absolute Gasteiger partial charge is 0.326 e. The summed E-state index contributed by atoms with van der Waals surface area (Å²) in [4.78, 5) is 0. The van der Waals surface area contributed by atoms with Crippen molar-refractivity contribution in [3.63, 3.8) is 0 Å². The van der Waals surface area contributed by atoms with Crippen LogP contribution >= 0.6 is 11.8 Å². The van der Waals surface area contributed by atoms with Crippen molar-refractivity contribution in [2.24, 2.45) is 5.73 Å². The first-order chi connectivity index (χ1) is 9.72. The van der Waals surface area contributed by atoms with Crippen LogP contribution in [0.2, 0.25) is 0 Å². The van der Waals surface area contributed by atoms with Gasteiger partial charge in [0.1, 0.15) is 0 Å². The second-order valence-corrected chi connectivity index (χ2v) is 6.28. The molecule has 2 unspecified atom stereocenters. The fraction of sp³-hybridized carbons (Fsp3) is 0.333. The molecule has 0 heterocycles. The Hall–Kier alpha value is -1.25. The SMILES string of the molecule is CCC(N)C(SCc1ccccc1)c1ccccc1C. The first-order valence-corrected chi connectivity index (χ1v) is 8.24.